The monoisotopic (exact) mass is 420 g/mol. The molecular weight excluding hydrogens is 407 g/mol. The third kappa shape index (κ3) is 5.19. The van der Waals surface area contributed by atoms with Crippen LogP contribution in [0.25, 0.3) is 0 Å². The van der Waals surface area contributed by atoms with Gasteiger partial charge in [-0.2, -0.15) is 0 Å². The van der Waals surface area contributed by atoms with Gasteiger partial charge in [-0.15, -0.1) is 11.3 Å². The minimum atomic E-state index is -0.482. The van der Waals surface area contributed by atoms with E-state index in [-0.39, 0.29) is 11.6 Å². The van der Waals surface area contributed by atoms with Crippen molar-refractivity contribution in [1.82, 2.24) is 4.98 Å². The molecule has 0 aliphatic carbocycles. The first-order valence-electron chi connectivity index (χ1n) is 7.77. The van der Waals surface area contributed by atoms with Crippen LogP contribution in [-0.2, 0) is 0 Å². The lowest BCUT2D eigenvalue weighted by molar-refractivity contribution is 0.102. The summed E-state index contributed by atoms with van der Waals surface area (Å²) in [7, 11) is 0. The highest BCUT2D eigenvalue weighted by atomic mass is 35.5. The van der Waals surface area contributed by atoms with Crippen molar-refractivity contribution < 1.29 is 9.59 Å². The first kappa shape index (κ1) is 19.2. The van der Waals surface area contributed by atoms with Gasteiger partial charge in [0.25, 0.3) is 5.91 Å². The van der Waals surface area contributed by atoms with Gasteiger partial charge in [0.05, 0.1) is 0 Å². The van der Waals surface area contributed by atoms with E-state index in [1.807, 2.05) is 13.0 Å². The summed E-state index contributed by atoms with van der Waals surface area (Å²) in [4.78, 5) is 28.5. The molecule has 27 heavy (non-hydrogen) atoms. The molecule has 3 N–H and O–H groups in total. The van der Waals surface area contributed by atoms with Crippen LogP contribution in [0.1, 0.15) is 16.1 Å². The van der Waals surface area contributed by atoms with Crippen LogP contribution in [0, 0.1) is 6.92 Å². The third-order valence-electron chi connectivity index (χ3n) is 3.49. The fourth-order valence-electron chi connectivity index (χ4n) is 2.18. The van der Waals surface area contributed by atoms with E-state index in [2.05, 4.69) is 20.9 Å². The van der Waals surface area contributed by atoms with Gasteiger partial charge in [0.1, 0.15) is 5.69 Å². The van der Waals surface area contributed by atoms with Crippen LogP contribution in [0.5, 0.6) is 0 Å². The fraction of sp³-hybridized carbons (Fsp3) is 0.0556. The Hall–Kier alpha value is -2.61. The highest BCUT2D eigenvalue weighted by molar-refractivity contribution is 7.14. The number of benzene rings is 2. The zero-order chi connectivity index (χ0) is 19.4. The fourth-order valence-corrected chi connectivity index (χ4v) is 3.22. The lowest BCUT2D eigenvalue weighted by Crippen LogP contribution is -2.19. The first-order valence-corrected chi connectivity index (χ1v) is 9.41. The second kappa shape index (κ2) is 8.39. The van der Waals surface area contributed by atoms with Crippen molar-refractivity contribution in [3.8, 4) is 0 Å². The van der Waals surface area contributed by atoms with Gasteiger partial charge in [0.15, 0.2) is 5.13 Å². The van der Waals surface area contributed by atoms with Crippen LogP contribution in [0.15, 0.2) is 47.8 Å². The van der Waals surface area contributed by atoms with Crippen molar-refractivity contribution in [2.45, 2.75) is 6.92 Å². The van der Waals surface area contributed by atoms with Gasteiger partial charge in [-0.25, -0.2) is 9.78 Å². The van der Waals surface area contributed by atoms with Gasteiger partial charge in [0.2, 0.25) is 0 Å². The molecule has 0 radical (unpaired) electrons. The van der Waals surface area contributed by atoms with Crippen molar-refractivity contribution in [3.05, 3.63) is 69.1 Å². The Morgan fingerprint density at radius 2 is 1.78 bits per heavy atom. The molecule has 1 aromatic heterocycles. The number of amides is 3. The molecule has 0 spiro atoms. The molecule has 0 fully saturated rings. The molecule has 0 aliphatic heterocycles. The van der Waals surface area contributed by atoms with Crippen molar-refractivity contribution in [1.29, 1.82) is 0 Å². The van der Waals surface area contributed by atoms with Crippen LogP contribution in [-0.4, -0.2) is 16.9 Å². The predicted octanol–water partition coefficient (Wildman–Crippen LogP) is 5.65. The molecule has 0 aliphatic rings. The second-order valence-corrected chi connectivity index (χ2v) is 7.27. The zero-order valence-electron chi connectivity index (χ0n) is 14.0. The Morgan fingerprint density at radius 3 is 2.56 bits per heavy atom. The van der Waals surface area contributed by atoms with Gasteiger partial charge >= 0.3 is 6.03 Å². The van der Waals surface area contributed by atoms with Crippen LogP contribution >= 0.6 is 34.5 Å². The maximum Gasteiger partial charge on any atom is 0.325 e. The predicted molar refractivity (Wildman–Crippen MR) is 110 cm³/mol. The van der Waals surface area contributed by atoms with Crippen molar-refractivity contribution in [2.75, 3.05) is 16.0 Å². The SMILES string of the molecule is Cc1ccc(Cl)cc1NC(=O)c1csc(NC(=O)Nc2cccc(Cl)c2)n1. The summed E-state index contributed by atoms with van der Waals surface area (Å²) in [6.45, 7) is 1.86. The van der Waals surface area contributed by atoms with E-state index in [1.54, 1.807) is 41.8 Å². The zero-order valence-corrected chi connectivity index (χ0v) is 16.4. The van der Waals surface area contributed by atoms with E-state index in [0.717, 1.165) is 16.9 Å². The minimum absolute atomic E-state index is 0.192. The average molecular weight is 421 g/mol. The van der Waals surface area contributed by atoms with Gasteiger partial charge in [-0.05, 0) is 42.8 Å². The number of urea groups is 1. The lowest BCUT2D eigenvalue weighted by Gasteiger charge is -2.07. The quantitative estimate of drug-likeness (QED) is 0.509. The number of nitrogens with one attached hydrogen (secondary N) is 3. The van der Waals surface area contributed by atoms with Crippen LogP contribution in [0.3, 0.4) is 0 Å². The largest absolute Gasteiger partial charge is 0.325 e. The summed E-state index contributed by atoms with van der Waals surface area (Å²) in [6, 6.07) is 11.5. The van der Waals surface area contributed by atoms with Crippen molar-refractivity contribution in [2.24, 2.45) is 0 Å². The molecule has 138 valence electrons. The molecule has 6 nitrogen and oxygen atoms in total. The summed E-state index contributed by atoms with van der Waals surface area (Å²) in [5.41, 5.74) is 2.22. The molecule has 3 aromatic rings. The number of thiazole rings is 1. The Morgan fingerprint density at radius 1 is 1.00 bits per heavy atom. The molecule has 0 saturated carbocycles. The number of nitrogens with zero attached hydrogens (tertiary/aromatic N) is 1. The summed E-state index contributed by atoms with van der Waals surface area (Å²) in [5.74, 6) is -0.389. The maximum absolute atomic E-state index is 12.4. The molecule has 2 aromatic carbocycles. The molecule has 9 heteroatoms. The highest BCUT2D eigenvalue weighted by Gasteiger charge is 2.14. The number of aromatic nitrogens is 1. The van der Waals surface area contributed by atoms with Gasteiger partial charge in [-0.3, -0.25) is 10.1 Å². The van der Waals surface area contributed by atoms with E-state index >= 15 is 0 Å². The number of halogens is 2. The normalized spacial score (nSPS) is 10.3. The van der Waals surface area contributed by atoms with Crippen LogP contribution < -0.4 is 16.0 Å². The van der Waals surface area contributed by atoms with Gasteiger partial charge in [0, 0.05) is 26.8 Å². The number of carbonyl (C=O) groups excluding carboxylic acids is 2. The Balaban J connectivity index is 1.63. The maximum atomic E-state index is 12.4. The topological polar surface area (TPSA) is 83.1 Å². The molecule has 0 unspecified atom stereocenters. The minimum Gasteiger partial charge on any atom is -0.320 e. The summed E-state index contributed by atoms with van der Waals surface area (Å²) < 4.78 is 0. The van der Waals surface area contributed by atoms with E-state index in [9.17, 15) is 9.59 Å². The molecule has 0 saturated heterocycles. The van der Waals surface area contributed by atoms with Crippen LogP contribution in [0.4, 0.5) is 21.3 Å². The molecule has 0 atom stereocenters. The molecule has 3 amide bonds. The van der Waals surface area contributed by atoms with Gasteiger partial charge in [-0.1, -0.05) is 35.3 Å². The summed E-state index contributed by atoms with van der Waals surface area (Å²) in [5, 5.41) is 10.9. The third-order valence-corrected chi connectivity index (χ3v) is 4.72. The summed E-state index contributed by atoms with van der Waals surface area (Å²) >= 11 is 13.0. The number of rotatable bonds is 4. The standard InChI is InChI=1S/C18H14Cl2N4O2S/c1-10-5-6-12(20)8-14(10)22-16(25)15-9-27-18(23-15)24-17(26)21-13-4-2-3-11(19)7-13/h2-9H,1H3,(H,22,25)(H2,21,23,24,26). The Bertz CT molecular complexity index is 1010. The van der Waals surface area contributed by atoms with Crippen LogP contribution in [0.2, 0.25) is 10.0 Å². The average Bonchev–Trinajstić information content (AvgIpc) is 3.06. The summed E-state index contributed by atoms with van der Waals surface area (Å²) in [6.07, 6.45) is 0. The molecule has 1 heterocycles. The molecular formula is C18H14Cl2N4O2S. The van der Waals surface area contributed by atoms with Crippen molar-refractivity contribution in [3.63, 3.8) is 0 Å². The van der Waals surface area contributed by atoms with E-state index in [0.29, 0.717) is 26.6 Å². The van der Waals surface area contributed by atoms with E-state index < -0.39 is 6.03 Å². The number of hydrogen-bond donors (Lipinski definition) is 3. The number of carbonyl (C=O) groups is 2. The second-order valence-electron chi connectivity index (χ2n) is 5.54. The number of hydrogen-bond acceptors (Lipinski definition) is 4. The first-order chi connectivity index (χ1) is 12.9. The number of aryl methyl sites for hydroxylation is 1. The van der Waals surface area contributed by atoms with Crippen molar-refractivity contribution >= 4 is 63.0 Å². The lowest BCUT2D eigenvalue weighted by atomic mass is 10.2. The molecule has 0 bridgehead atoms. The number of anilines is 3. The molecule has 3 rings (SSSR count). The smallest absolute Gasteiger partial charge is 0.320 e. The highest BCUT2D eigenvalue weighted by Crippen LogP contribution is 2.22. The van der Waals surface area contributed by atoms with E-state index in [4.69, 9.17) is 23.2 Å². The van der Waals surface area contributed by atoms with E-state index in [1.165, 1.54) is 0 Å². The Labute approximate surface area is 169 Å². The Kier molecular flexibility index (Phi) is 5.95. The van der Waals surface area contributed by atoms with Gasteiger partial charge < -0.3 is 10.6 Å².